The lowest BCUT2D eigenvalue weighted by atomic mass is 9.82. The van der Waals surface area contributed by atoms with E-state index in [4.69, 9.17) is 5.73 Å². The van der Waals surface area contributed by atoms with Crippen LogP contribution in [-0.4, -0.2) is 18.0 Å². The van der Waals surface area contributed by atoms with Crippen molar-refractivity contribution >= 4 is 5.91 Å². The van der Waals surface area contributed by atoms with Crippen LogP contribution in [0.25, 0.3) is 0 Å². The van der Waals surface area contributed by atoms with Crippen molar-refractivity contribution in [1.29, 1.82) is 0 Å². The summed E-state index contributed by atoms with van der Waals surface area (Å²) in [5.41, 5.74) is 5.21. The molecule has 1 amide bonds. The first kappa shape index (κ1) is 11.9. The van der Waals surface area contributed by atoms with Crippen LogP contribution in [0.1, 0.15) is 51.9 Å². The lowest BCUT2D eigenvalue weighted by Crippen LogP contribution is -2.41. The van der Waals surface area contributed by atoms with E-state index in [9.17, 15) is 4.79 Å². The van der Waals surface area contributed by atoms with Crippen molar-refractivity contribution in [3.8, 4) is 0 Å². The molecule has 0 aromatic carbocycles. The second kappa shape index (κ2) is 5.17. The van der Waals surface area contributed by atoms with Gasteiger partial charge in [-0.1, -0.05) is 12.8 Å². The molecule has 3 heteroatoms. The number of carbonyl (C=O) groups excluding carboxylic acids is 1. The molecular formula is C13H24N2O. The molecule has 16 heavy (non-hydrogen) atoms. The molecule has 2 saturated carbocycles. The van der Waals surface area contributed by atoms with Crippen molar-refractivity contribution in [3.05, 3.63) is 0 Å². The van der Waals surface area contributed by atoms with Crippen LogP contribution in [0, 0.1) is 11.8 Å². The van der Waals surface area contributed by atoms with Crippen LogP contribution in [0.3, 0.4) is 0 Å². The van der Waals surface area contributed by atoms with E-state index in [0.717, 1.165) is 11.8 Å². The monoisotopic (exact) mass is 224 g/mol. The molecule has 0 radical (unpaired) electrons. The summed E-state index contributed by atoms with van der Waals surface area (Å²) in [6.45, 7) is 2.06. The summed E-state index contributed by atoms with van der Waals surface area (Å²) in [7, 11) is 0. The Labute approximate surface area is 98.2 Å². The van der Waals surface area contributed by atoms with Gasteiger partial charge in [-0.3, -0.25) is 4.79 Å². The SMILES string of the molecule is CC(CC(N)=O)NC1CCCC(C2CC2)C1. The fraction of sp³-hybridized carbons (Fsp3) is 0.923. The minimum Gasteiger partial charge on any atom is -0.370 e. The zero-order chi connectivity index (χ0) is 11.5. The molecule has 92 valence electrons. The van der Waals surface area contributed by atoms with Gasteiger partial charge >= 0.3 is 0 Å². The Kier molecular flexibility index (Phi) is 3.85. The molecule has 3 atom stereocenters. The van der Waals surface area contributed by atoms with E-state index < -0.39 is 0 Å². The number of rotatable bonds is 5. The topological polar surface area (TPSA) is 55.1 Å². The van der Waals surface area contributed by atoms with E-state index in [1.807, 2.05) is 0 Å². The fourth-order valence-electron chi connectivity index (χ4n) is 3.14. The van der Waals surface area contributed by atoms with Gasteiger partial charge in [0.2, 0.25) is 5.91 Å². The zero-order valence-corrected chi connectivity index (χ0v) is 10.2. The average molecular weight is 224 g/mol. The molecule has 3 nitrogen and oxygen atoms in total. The van der Waals surface area contributed by atoms with Gasteiger partial charge in [-0.05, 0) is 44.4 Å². The Hall–Kier alpha value is -0.570. The molecule has 0 aromatic heterocycles. The Bertz CT molecular complexity index is 250. The number of carbonyl (C=O) groups is 1. The Morgan fingerprint density at radius 2 is 2.06 bits per heavy atom. The summed E-state index contributed by atoms with van der Waals surface area (Å²) in [6.07, 6.45) is 8.72. The molecule has 2 fully saturated rings. The summed E-state index contributed by atoms with van der Waals surface area (Å²) in [5.74, 6) is 1.78. The van der Waals surface area contributed by atoms with Crippen LogP contribution in [0.4, 0.5) is 0 Å². The summed E-state index contributed by atoms with van der Waals surface area (Å²) in [6, 6.07) is 0.856. The van der Waals surface area contributed by atoms with Gasteiger partial charge in [0.1, 0.15) is 0 Å². The van der Waals surface area contributed by atoms with Crippen LogP contribution < -0.4 is 11.1 Å². The third-order valence-electron chi connectivity index (χ3n) is 4.03. The van der Waals surface area contributed by atoms with Crippen LogP contribution in [0.15, 0.2) is 0 Å². The molecule has 3 unspecified atom stereocenters. The highest BCUT2D eigenvalue weighted by molar-refractivity contribution is 5.74. The van der Waals surface area contributed by atoms with Gasteiger partial charge in [-0.15, -0.1) is 0 Å². The average Bonchev–Trinajstić information content (AvgIpc) is 2.99. The van der Waals surface area contributed by atoms with E-state index in [1.54, 1.807) is 0 Å². The lowest BCUT2D eigenvalue weighted by molar-refractivity contribution is -0.118. The maximum absolute atomic E-state index is 10.8. The summed E-state index contributed by atoms with van der Waals surface area (Å²) in [5, 5.41) is 3.56. The first-order valence-electron chi connectivity index (χ1n) is 6.69. The summed E-state index contributed by atoms with van der Waals surface area (Å²) in [4.78, 5) is 10.8. The first-order chi connectivity index (χ1) is 7.65. The highest BCUT2D eigenvalue weighted by Gasteiger charge is 2.34. The highest BCUT2D eigenvalue weighted by Crippen LogP contribution is 2.43. The predicted molar refractivity (Wildman–Crippen MR) is 64.9 cm³/mol. The Balaban J connectivity index is 1.73. The van der Waals surface area contributed by atoms with Gasteiger partial charge in [-0.2, -0.15) is 0 Å². The molecule has 2 aliphatic rings. The van der Waals surface area contributed by atoms with Crippen molar-refractivity contribution in [2.45, 2.75) is 64.0 Å². The molecule has 2 rings (SSSR count). The van der Waals surface area contributed by atoms with Gasteiger partial charge in [-0.25, -0.2) is 0 Å². The minimum absolute atomic E-state index is 0.199. The number of primary amides is 1. The second-order valence-electron chi connectivity index (χ2n) is 5.70. The molecule has 0 heterocycles. The standard InChI is InChI=1S/C13H24N2O/c1-9(7-13(14)16)15-12-4-2-3-11(8-12)10-5-6-10/h9-12,15H,2-8H2,1H3,(H2,14,16). The molecule has 0 aliphatic heterocycles. The quantitative estimate of drug-likeness (QED) is 0.748. The van der Waals surface area contributed by atoms with E-state index in [2.05, 4.69) is 12.2 Å². The minimum atomic E-state index is -0.199. The lowest BCUT2D eigenvalue weighted by Gasteiger charge is -2.31. The van der Waals surface area contributed by atoms with Crippen LogP contribution in [-0.2, 0) is 4.79 Å². The number of hydrogen-bond acceptors (Lipinski definition) is 2. The summed E-state index contributed by atoms with van der Waals surface area (Å²) >= 11 is 0. The fourth-order valence-corrected chi connectivity index (χ4v) is 3.14. The third-order valence-corrected chi connectivity index (χ3v) is 4.03. The van der Waals surface area contributed by atoms with Gasteiger partial charge in [0.05, 0.1) is 0 Å². The van der Waals surface area contributed by atoms with Crippen molar-refractivity contribution in [2.24, 2.45) is 17.6 Å². The molecule has 3 N–H and O–H groups in total. The van der Waals surface area contributed by atoms with Gasteiger partial charge < -0.3 is 11.1 Å². The molecular weight excluding hydrogens is 200 g/mol. The number of nitrogens with two attached hydrogens (primary N) is 1. The van der Waals surface area contributed by atoms with E-state index >= 15 is 0 Å². The van der Waals surface area contributed by atoms with Crippen LogP contribution >= 0.6 is 0 Å². The molecule has 0 saturated heterocycles. The Morgan fingerprint density at radius 3 is 2.69 bits per heavy atom. The third kappa shape index (κ3) is 3.48. The zero-order valence-electron chi connectivity index (χ0n) is 10.2. The van der Waals surface area contributed by atoms with E-state index in [-0.39, 0.29) is 11.9 Å². The smallest absolute Gasteiger partial charge is 0.218 e. The van der Waals surface area contributed by atoms with Gasteiger partial charge in [0, 0.05) is 18.5 Å². The maximum Gasteiger partial charge on any atom is 0.218 e. The second-order valence-corrected chi connectivity index (χ2v) is 5.70. The normalized spacial score (nSPS) is 32.3. The van der Waals surface area contributed by atoms with Crippen molar-refractivity contribution in [1.82, 2.24) is 5.32 Å². The van der Waals surface area contributed by atoms with E-state index in [0.29, 0.717) is 12.5 Å². The number of hydrogen-bond donors (Lipinski definition) is 2. The number of amides is 1. The Morgan fingerprint density at radius 1 is 1.31 bits per heavy atom. The molecule has 0 spiro atoms. The van der Waals surface area contributed by atoms with Crippen LogP contribution in [0.5, 0.6) is 0 Å². The first-order valence-corrected chi connectivity index (χ1v) is 6.69. The molecule has 0 aromatic rings. The summed E-state index contributed by atoms with van der Waals surface area (Å²) < 4.78 is 0. The molecule has 2 aliphatic carbocycles. The van der Waals surface area contributed by atoms with Gasteiger partial charge in [0.25, 0.3) is 0 Å². The highest BCUT2D eigenvalue weighted by atomic mass is 16.1. The number of nitrogens with one attached hydrogen (secondary N) is 1. The van der Waals surface area contributed by atoms with Crippen molar-refractivity contribution in [2.75, 3.05) is 0 Å². The van der Waals surface area contributed by atoms with Gasteiger partial charge in [0.15, 0.2) is 0 Å². The molecule has 0 bridgehead atoms. The van der Waals surface area contributed by atoms with Crippen LogP contribution in [0.2, 0.25) is 0 Å². The largest absolute Gasteiger partial charge is 0.370 e. The van der Waals surface area contributed by atoms with Crippen molar-refractivity contribution < 1.29 is 4.79 Å². The van der Waals surface area contributed by atoms with E-state index in [1.165, 1.54) is 38.5 Å². The maximum atomic E-state index is 10.8. The predicted octanol–water partition coefficient (Wildman–Crippen LogP) is 1.81. The van der Waals surface area contributed by atoms with Crippen molar-refractivity contribution in [3.63, 3.8) is 0 Å².